The first kappa shape index (κ1) is 35.7. The van der Waals surface area contributed by atoms with Crippen LogP contribution in [0.25, 0.3) is 0 Å². The number of carboxylic acid groups (broad SMARTS) is 1. The third kappa shape index (κ3) is 5.94. The smallest absolute Gasteiger partial charge is 0.303 e. The second kappa shape index (κ2) is 12.6. The van der Waals surface area contributed by atoms with Crippen molar-refractivity contribution in [2.75, 3.05) is 37.7 Å². The number of carbonyl (C=O) groups is 1. The van der Waals surface area contributed by atoms with Crippen LogP contribution >= 0.6 is 0 Å². The van der Waals surface area contributed by atoms with Crippen LogP contribution in [0.4, 0.5) is 0 Å². The average molecular weight is 669 g/mol. The number of allylic oxidation sites excluding steroid dienone is 3. The Hall–Kier alpha value is -1.11. The highest BCUT2D eigenvalue weighted by Crippen LogP contribution is 2.76. The molecule has 0 aromatic rings. The van der Waals surface area contributed by atoms with Crippen molar-refractivity contribution in [1.82, 2.24) is 10.2 Å². The molecule has 0 amide bonds. The lowest BCUT2D eigenvalue weighted by Crippen LogP contribution is -2.68. The first-order valence-corrected chi connectivity index (χ1v) is 21.4. The Morgan fingerprint density at radius 2 is 1.70 bits per heavy atom. The van der Waals surface area contributed by atoms with Gasteiger partial charge >= 0.3 is 5.97 Å². The molecule has 266 valence electrons. The monoisotopic (exact) mass is 668 g/mol. The molecule has 6 heteroatoms. The van der Waals surface area contributed by atoms with Gasteiger partial charge in [0.25, 0.3) is 0 Å². The summed E-state index contributed by atoms with van der Waals surface area (Å²) in [5, 5.41) is 13.4. The highest BCUT2D eigenvalue weighted by atomic mass is 32.2. The van der Waals surface area contributed by atoms with Crippen LogP contribution in [0.15, 0.2) is 23.8 Å². The van der Waals surface area contributed by atoms with Gasteiger partial charge in [-0.05, 0) is 151 Å². The molecule has 0 unspecified atom stereocenters. The molecule has 2 N–H and O–H groups in total. The molecule has 0 spiro atoms. The highest BCUT2D eigenvalue weighted by molar-refractivity contribution is 8.00. The number of nitrogens with zero attached hydrogens (tertiary/aromatic N) is 1. The van der Waals surface area contributed by atoms with Gasteiger partial charge in [-0.1, -0.05) is 58.4 Å². The summed E-state index contributed by atoms with van der Waals surface area (Å²) in [6.07, 6.45) is 17.5. The van der Waals surface area contributed by atoms with E-state index in [-0.39, 0.29) is 17.4 Å². The van der Waals surface area contributed by atoms with Crippen molar-refractivity contribution >= 4 is 21.4 Å². The largest absolute Gasteiger partial charge is 0.481 e. The van der Waals surface area contributed by atoms with Crippen molar-refractivity contribution < 1.29 is 14.1 Å². The SMILES string of the molecule is C=C(C)[C@@H]1CC[C@]2(NCCN3CCS(=C)(=O)CC3)CC[C@]3(C)[C@H](CC[C@@H]4[C@@]5(C)CC=C(CCCCC(=O)O)C(C)(C)[C@@H]5CC[C@]43C)[C@@H]12. The number of aliphatic carboxylic acids is 1. The van der Waals surface area contributed by atoms with E-state index in [1.54, 1.807) is 5.57 Å². The van der Waals surface area contributed by atoms with Crippen LogP contribution in [0, 0.1) is 51.2 Å². The summed E-state index contributed by atoms with van der Waals surface area (Å²) in [4.78, 5) is 13.6. The maximum atomic E-state index is 12.4. The number of rotatable bonds is 10. The third-order valence-corrected chi connectivity index (χ3v) is 18.2. The maximum absolute atomic E-state index is 12.4. The fraction of sp³-hybridized carbons (Fsp3) is 0.854. The van der Waals surface area contributed by atoms with E-state index in [9.17, 15) is 9.00 Å². The van der Waals surface area contributed by atoms with Gasteiger partial charge in [0, 0.05) is 49.6 Å². The summed E-state index contributed by atoms with van der Waals surface area (Å²) in [6.45, 7) is 24.0. The molecule has 1 saturated heterocycles. The Bertz CT molecular complexity index is 1350. The summed E-state index contributed by atoms with van der Waals surface area (Å²) in [5.41, 5.74) is 4.40. The normalized spacial score (nSPS) is 44.0. The standard InChI is InChI=1S/C41H68N2O3S/c1-29(2)31-16-20-41(42-23-24-43-25-27-47(8,46)28-26-43)22-21-39(6)32(36(31)41)13-14-34-38(5)18-15-30(11-9-10-12-35(44)45)37(3,4)33(38)17-19-40(34,39)7/h15,31-34,36,42H,1,8-14,16-28H2,2-7H3,(H,44,45)/t31-,32+,33-,34+,36+,38-,39+,40+,41-/m0/s1. The molecule has 0 aromatic carbocycles. The van der Waals surface area contributed by atoms with Gasteiger partial charge < -0.3 is 15.3 Å². The third-order valence-electron chi connectivity index (χ3n) is 16.4. The van der Waals surface area contributed by atoms with Crippen molar-refractivity contribution in [3.05, 3.63) is 23.8 Å². The zero-order chi connectivity index (χ0) is 34.0. The molecular weight excluding hydrogens is 601 g/mol. The van der Waals surface area contributed by atoms with E-state index in [0.717, 1.165) is 68.8 Å². The van der Waals surface area contributed by atoms with E-state index < -0.39 is 15.5 Å². The lowest BCUT2D eigenvalue weighted by Gasteiger charge is -2.72. The van der Waals surface area contributed by atoms with Crippen LogP contribution in [0.2, 0.25) is 0 Å². The molecule has 6 rings (SSSR count). The molecule has 4 saturated carbocycles. The fourth-order valence-electron chi connectivity index (χ4n) is 13.6. The van der Waals surface area contributed by atoms with E-state index in [1.807, 2.05) is 0 Å². The lowest BCUT2D eigenvalue weighted by molar-refractivity contribution is -0.221. The van der Waals surface area contributed by atoms with Crippen molar-refractivity contribution in [2.45, 2.75) is 131 Å². The predicted molar refractivity (Wildman–Crippen MR) is 198 cm³/mol. The minimum atomic E-state index is -1.85. The van der Waals surface area contributed by atoms with E-state index in [4.69, 9.17) is 5.11 Å². The number of carboxylic acids is 1. The number of fused-ring (bicyclic) bond motifs is 7. The summed E-state index contributed by atoms with van der Waals surface area (Å²) in [6, 6.07) is 0. The molecule has 5 nitrogen and oxygen atoms in total. The zero-order valence-corrected chi connectivity index (χ0v) is 31.7. The molecule has 9 atom stereocenters. The van der Waals surface area contributed by atoms with Crippen molar-refractivity contribution in [1.29, 1.82) is 0 Å². The molecule has 47 heavy (non-hydrogen) atoms. The quantitative estimate of drug-likeness (QED) is 0.140. The topological polar surface area (TPSA) is 69.6 Å². The minimum Gasteiger partial charge on any atom is -0.481 e. The van der Waals surface area contributed by atoms with Crippen LogP contribution in [0.3, 0.4) is 0 Å². The number of unbranched alkanes of at least 4 members (excludes halogenated alkanes) is 1. The van der Waals surface area contributed by atoms with Gasteiger partial charge in [-0.2, -0.15) is 0 Å². The Balaban J connectivity index is 1.22. The molecule has 5 aliphatic carbocycles. The maximum Gasteiger partial charge on any atom is 0.303 e. The van der Waals surface area contributed by atoms with E-state index in [2.05, 4.69) is 70.3 Å². The molecule has 1 aliphatic heterocycles. The number of hydrogen-bond acceptors (Lipinski definition) is 4. The van der Waals surface area contributed by atoms with Crippen LogP contribution in [-0.2, 0) is 14.3 Å². The molecular formula is C41H68N2O3S. The fourth-order valence-corrected chi connectivity index (χ4v) is 15.0. The van der Waals surface area contributed by atoms with Crippen LogP contribution in [0.1, 0.15) is 125 Å². The summed E-state index contributed by atoms with van der Waals surface area (Å²) in [7, 11) is -1.85. The van der Waals surface area contributed by atoms with Gasteiger partial charge in [0.2, 0.25) is 0 Å². The predicted octanol–water partition coefficient (Wildman–Crippen LogP) is 8.20. The molecule has 0 aromatic heterocycles. The Morgan fingerprint density at radius 3 is 2.38 bits per heavy atom. The van der Waals surface area contributed by atoms with Crippen molar-refractivity contribution in [3.63, 3.8) is 0 Å². The molecule has 0 bridgehead atoms. The lowest BCUT2D eigenvalue weighted by atomic mass is 9.33. The summed E-state index contributed by atoms with van der Waals surface area (Å²) < 4.78 is 12.4. The van der Waals surface area contributed by atoms with Crippen LogP contribution in [0.5, 0.6) is 0 Å². The summed E-state index contributed by atoms with van der Waals surface area (Å²) >= 11 is 0. The minimum absolute atomic E-state index is 0.177. The number of hydrogen-bond donors (Lipinski definition) is 2. The van der Waals surface area contributed by atoms with Crippen molar-refractivity contribution in [3.8, 4) is 0 Å². The molecule has 5 fully saturated rings. The van der Waals surface area contributed by atoms with E-state index in [0.29, 0.717) is 34.0 Å². The zero-order valence-electron chi connectivity index (χ0n) is 30.9. The van der Waals surface area contributed by atoms with Gasteiger partial charge in [-0.25, -0.2) is 0 Å². The Kier molecular flexibility index (Phi) is 9.56. The second-order valence-corrected chi connectivity index (χ2v) is 21.5. The first-order chi connectivity index (χ1) is 22.0. The molecule has 1 heterocycles. The average Bonchev–Trinajstić information content (AvgIpc) is 3.37. The highest BCUT2D eigenvalue weighted by Gasteiger charge is 2.70. The van der Waals surface area contributed by atoms with Gasteiger partial charge in [-0.15, -0.1) is 0 Å². The van der Waals surface area contributed by atoms with Gasteiger partial charge in [0.05, 0.1) is 0 Å². The first-order valence-electron chi connectivity index (χ1n) is 19.4. The van der Waals surface area contributed by atoms with E-state index >= 15 is 0 Å². The summed E-state index contributed by atoms with van der Waals surface area (Å²) in [5.74, 6) is 8.26. The molecule has 0 radical (unpaired) electrons. The second-order valence-electron chi connectivity index (χ2n) is 18.7. The van der Waals surface area contributed by atoms with Gasteiger partial charge in [0.15, 0.2) is 0 Å². The van der Waals surface area contributed by atoms with E-state index in [1.165, 1.54) is 63.4 Å². The molecule has 6 aliphatic rings. The van der Waals surface area contributed by atoms with Gasteiger partial charge in [0.1, 0.15) is 0 Å². The van der Waals surface area contributed by atoms with Crippen LogP contribution in [-0.4, -0.2) is 69.3 Å². The van der Waals surface area contributed by atoms with Crippen molar-refractivity contribution in [2.24, 2.45) is 51.2 Å². The van der Waals surface area contributed by atoms with Crippen LogP contribution < -0.4 is 5.32 Å². The Labute approximate surface area is 288 Å². The Morgan fingerprint density at radius 1 is 0.979 bits per heavy atom. The number of nitrogens with one attached hydrogen (secondary N) is 1. The van der Waals surface area contributed by atoms with Gasteiger partial charge in [-0.3, -0.25) is 9.00 Å².